The van der Waals surface area contributed by atoms with Gasteiger partial charge in [0, 0.05) is 26.2 Å². The van der Waals surface area contributed by atoms with Crippen molar-refractivity contribution in [3.8, 4) is 0 Å². The zero-order valence-corrected chi connectivity index (χ0v) is 12.0. The number of nitrogens with zero attached hydrogens (tertiary/aromatic N) is 3. The third-order valence-corrected chi connectivity index (χ3v) is 3.64. The molecule has 118 valence electrons. The fourth-order valence-corrected chi connectivity index (χ4v) is 2.41. The third-order valence-electron chi connectivity index (χ3n) is 3.64. The van der Waals surface area contributed by atoms with Gasteiger partial charge in [-0.2, -0.15) is 13.2 Å². The lowest BCUT2D eigenvalue weighted by Crippen LogP contribution is -2.49. The standard InChI is InChI=1S/C14H20F3N3O/c1-2-13(21)12-4-3-11(9-18-12)20-7-5-19(6-8-20)10-14(15,16)17/h3-4,9,13,21H,2,5-8,10H2,1H3. The number of halogens is 3. The number of aliphatic hydroxyl groups is 1. The van der Waals surface area contributed by atoms with Gasteiger partial charge in [0.1, 0.15) is 0 Å². The first-order valence-corrected chi connectivity index (χ1v) is 7.07. The maximum atomic E-state index is 12.3. The summed E-state index contributed by atoms with van der Waals surface area (Å²) in [6, 6.07) is 3.63. The smallest absolute Gasteiger partial charge is 0.387 e. The second-order valence-corrected chi connectivity index (χ2v) is 5.24. The van der Waals surface area contributed by atoms with Crippen LogP contribution in [0.5, 0.6) is 0 Å². The second-order valence-electron chi connectivity index (χ2n) is 5.24. The molecule has 1 N–H and O–H groups in total. The Labute approximate surface area is 122 Å². The molecule has 1 fully saturated rings. The summed E-state index contributed by atoms with van der Waals surface area (Å²) < 4.78 is 37.0. The van der Waals surface area contributed by atoms with Crippen molar-refractivity contribution >= 4 is 5.69 Å². The predicted octanol–water partition coefficient (Wildman–Crippen LogP) is 2.21. The monoisotopic (exact) mass is 303 g/mol. The van der Waals surface area contributed by atoms with E-state index in [1.54, 1.807) is 12.3 Å². The number of piperazine rings is 1. The molecule has 7 heteroatoms. The van der Waals surface area contributed by atoms with Crippen molar-refractivity contribution in [3.05, 3.63) is 24.0 Å². The summed E-state index contributed by atoms with van der Waals surface area (Å²) in [5.74, 6) is 0. The minimum absolute atomic E-state index is 0.388. The van der Waals surface area contributed by atoms with Crippen molar-refractivity contribution in [3.63, 3.8) is 0 Å². The average molecular weight is 303 g/mol. The van der Waals surface area contributed by atoms with Crippen LogP contribution in [0.3, 0.4) is 0 Å². The molecule has 1 aromatic rings. The molecule has 4 nitrogen and oxygen atoms in total. The summed E-state index contributed by atoms with van der Waals surface area (Å²) in [5.41, 5.74) is 1.51. The second kappa shape index (κ2) is 6.62. The van der Waals surface area contributed by atoms with Crippen molar-refractivity contribution in [2.75, 3.05) is 37.6 Å². The lowest BCUT2D eigenvalue weighted by Gasteiger charge is -2.36. The van der Waals surface area contributed by atoms with Crippen LogP contribution >= 0.6 is 0 Å². The van der Waals surface area contributed by atoms with Crippen LogP contribution in [0.15, 0.2) is 18.3 Å². The Balaban J connectivity index is 1.90. The van der Waals surface area contributed by atoms with E-state index in [1.165, 1.54) is 4.90 Å². The average Bonchev–Trinajstić information content (AvgIpc) is 2.46. The molecular formula is C14H20F3N3O. The molecule has 1 saturated heterocycles. The van der Waals surface area contributed by atoms with E-state index >= 15 is 0 Å². The minimum atomic E-state index is -4.14. The SMILES string of the molecule is CCC(O)c1ccc(N2CCN(CC(F)(F)F)CC2)cn1. The molecule has 1 aromatic heterocycles. The Morgan fingerprint density at radius 1 is 1.24 bits per heavy atom. The van der Waals surface area contributed by atoms with Crippen LogP contribution in [0.1, 0.15) is 25.1 Å². The molecular weight excluding hydrogens is 283 g/mol. The molecule has 0 aromatic carbocycles. The first kappa shape index (κ1) is 16.0. The lowest BCUT2D eigenvalue weighted by atomic mass is 10.2. The number of rotatable bonds is 4. The van der Waals surface area contributed by atoms with Gasteiger partial charge in [0.2, 0.25) is 0 Å². The first-order chi connectivity index (χ1) is 9.89. The predicted molar refractivity (Wildman–Crippen MR) is 74.2 cm³/mol. The van der Waals surface area contributed by atoms with E-state index in [9.17, 15) is 18.3 Å². The van der Waals surface area contributed by atoms with Crippen molar-refractivity contribution in [1.82, 2.24) is 9.88 Å². The number of hydrogen-bond donors (Lipinski definition) is 1. The maximum Gasteiger partial charge on any atom is 0.401 e. The van der Waals surface area contributed by atoms with Crippen molar-refractivity contribution < 1.29 is 18.3 Å². The minimum Gasteiger partial charge on any atom is -0.387 e. The van der Waals surface area contributed by atoms with Gasteiger partial charge in [-0.25, -0.2) is 0 Å². The van der Waals surface area contributed by atoms with Crippen LogP contribution in [0, 0.1) is 0 Å². The normalized spacial score (nSPS) is 18.8. The van der Waals surface area contributed by atoms with Crippen LogP contribution in [-0.2, 0) is 0 Å². The topological polar surface area (TPSA) is 39.6 Å². The number of aromatic nitrogens is 1. The highest BCUT2D eigenvalue weighted by molar-refractivity contribution is 5.45. The van der Waals surface area contributed by atoms with Crippen LogP contribution in [0.2, 0.25) is 0 Å². The van der Waals surface area contributed by atoms with E-state index in [2.05, 4.69) is 4.98 Å². The summed E-state index contributed by atoms with van der Waals surface area (Å²) in [6.45, 7) is 2.90. The van der Waals surface area contributed by atoms with E-state index in [-0.39, 0.29) is 0 Å². The van der Waals surface area contributed by atoms with Gasteiger partial charge >= 0.3 is 6.18 Å². The zero-order valence-electron chi connectivity index (χ0n) is 12.0. The number of anilines is 1. The highest BCUT2D eigenvalue weighted by Crippen LogP contribution is 2.21. The molecule has 0 saturated carbocycles. The van der Waals surface area contributed by atoms with Crippen LogP contribution in [0.4, 0.5) is 18.9 Å². The summed E-state index contributed by atoms with van der Waals surface area (Å²) in [4.78, 5) is 7.65. The van der Waals surface area contributed by atoms with E-state index in [0.29, 0.717) is 38.3 Å². The Morgan fingerprint density at radius 3 is 2.38 bits per heavy atom. The molecule has 21 heavy (non-hydrogen) atoms. The summed E-state index contributed by atoms with van der Waals surface area (Å²) in [6.07, 6.45) is -2.43. The lowest BCUT2D eigenvalue weighted by molar-refractivity contribution is -0.146. The van der Waals surface area contributed by atoms with Gasteiger partial charge in [-0.3, -0.25) is 9.88 Å². The number of aliphatic hydroxyl groups excluding tert-OH is 1. The van der Waals surface area contributed by atoms with Crippen molar-refractivity contribution in [1.29, 1.82) is 0 Å². The maximum absolute atomic E-state index is 12.3. The quantitative estimate of drug-likeness (QED) is 0.926. The Hall–Kier alpha value is -1.34. The van der Waals surface area contributed by atoms with Gasteiger partial charge < -0.3 is 10.0 Å². The van der Waals surface area contributed by atoms with Gasteiger partial charge in [-0.1, -0.05) is 6.92 Å². The van der Waals surface area contributed by atoms with Crippen LogP contribution < -0.4 is 4.90 Å². The van der Waals surface area contributed by atoms with Crippen LogP contribution in [-0.4, -0.2) is 53.9 Å². The summed E-state index contributed by atoms with van der Waals surface area (Å²) in [5, 5.41) is 9.68. The molecule has 0 radical (unpaired) electrons. The van der Waals surface area contributed by atoms with E-state index < -0.39 is 18.8 Å². The molecule has 1 aliphatic heterocycles. The molecule has 2 heterocycles. The van der Waals surface area contributed by atoms with Crippen molar-refractivity contribution in [2.45, 2.75) is 25.6 Å². The summed E-state index contributed by atoms with van der Waals surface area (Å²) >= 11 is 0. The number of pyridine rings is 1. The van der Waals surface area contributed by atoms with Gasteiger partial charge in [0.25, 0.3) is 0 Å². The van der Waals surface area contributed by atoms with Gasteiger partial charge in [-0.15, -0.1) is 0 Å². The largest absolute Gasteiger partial charge is 0.401 e. The molecule has 0 spiro atoms. The molecule has 2 rings (SSSR count). The highest BCUT2D eigenvalue weighted by atomic mass is 19.4. The highest BCUT2D eigenvalue weighted by Gasteiger charge is 2.32. The zero-order chi connectivity index (χ0) is 15.5. The summed E-state index contributed by atoms with van der Waals surface area (Å²) in [7, 11) is 0. The molecule has 0 bridgehead atoms. The fraction of sp³-hybridized carbons (Fsp3) is 0.643. The number of hydrogen-bond acceptors (Lipinski definition) is 4. The molecule has 0 aliphatic carbocycles. The first-order valence-electron chi connectivity index (χ1n) is 7.07. The Kier molecular flexibility index (Phi) is 5.05. The molecule has 1 atom stereocenters. The van der Waals surface area contributed by atoms with Gasteiger partial charge in [-0.05, 0) is 18.6 Å². The Morgan fingerprint density at radius 2 is 1.90 bits per heavy atom. The van der Waals surface area contributed by atoms with E-state index in [0.717, 1.165) is 5.69 Å². The number of alkyl halides is 3. The molecule has 0 amide bonds. The fourth-order valence-electron chi connectivity index (χ4n) is 2.41. The van der Waals surface area contributed by atoms with E-state index in [4.69, 9.17) is 0 Å². The van der Waals surface area contributed by atoms with E-state index in [1.807, 2.05) is 17.9 Å². The molecule has 1 unspecified atom stereocenters. The van der Waals surface area contributed by atoms with Crippen molar-refractivity contribution in [2.24, 2.45) is 0 Å². The van der Waals surface area contributed by atoms with Gasteiger partial charge in [0.05, 0.1) is 30.2 Å². The Bertz CT molecular complexity index is 442. The van der Waals surface area contributed by atoms with Gasteiger partial charge in [0.15, 0.2) is 0 Å². The molecule has 1 aliphatic rings. The van der Waals surface area contributed by atoms with Crippen LogP contribution in [0.25, 0.3) is 0 Å². The third kappa shape index (κ3) is 4.57.